The van der Waals surface area contributed by atoms with Crippen molar-refractivity contribution in [3.63, 3.8) is 0 Å². The summed E-state index contributed by atoms with van der Waals surface area (Å²) < 4.78 is 16.0. The molecule has 0 saturated carbocycles. The number of hydrogen-bond acceptors (Lipinski definition) is 2. The predicted molar refractivity (Wildman–Crippen MR) is 130 cm³/mol. The van der Waals surface area contributed by atoms with E-state index >= 15 is 0 Å². The van der Waals surface area contributed by atoms with Crippen molar-refractivity contribution in [2.45, 2.75) is 45.1 Å². The molecule has 0 N–H and O–H groups in total. The fourth-order valence-corrected chi connectivity index (χ4v) is 4.72. The van der Waals surface area contributed by atoms with Crippen molar-refractivity contribution in [3.05, 3.63) is 95.6 Å². The third kappa shape index (κ3) is 4.15. The first-order chi connectivity index (χ1) is 16.0. The number of anilines is 1. The number of para-hydroxylation sites is 2. The smallest absolute Gasteiger partial charge is 0.227 e. The zero-order valence-electron chi connectivity index (χ0n) is 19.0. The molecule has 4 aromatic rings. The van der Waals surface area contributed by atoms with Crippen LogP contribution in [-0.2, 0) is 11.3 Å². The maximum Gasteiger partial charge on any atom is 0.227 e. The van der Waals surface area contributed by atoms with Crippen molar-refractivity contribution < 1.29 is 9.18 Å². The zero-order chi connectivity index (χ0) is 22.9. The quantitative estimate of drug-likeness (QED) is 0.354. The Labute approximate surface area is 193 Å². The Kier molecular flexibility index (Phi) is 5.71. The molecule has 0 bridgehead atoms. The lowest BCUT2D eigenvalue weighted by Gasteiger charge is -2.18. The van der Waals surface area contributed by atoms with E-state index < -0.39 is 0 Å². The van der Waals surface area contributed by atoms with Crippen LogP contribution in [0.25, 0.3) is 11.0 Å². The molecule has 1 fully saturated rings. The minimum Gasteiger partial charge on any atom is -0.323 e. The Hall–Kier alpha value is -3.47. The summed E-state index contributed by atoms with van der Waals surface area (Å²) in [5.41, 5.74) is 5.16. The van der Waals surface area contributed by atoms with Crippen LogP contribution in [-0.4, -0.2) is 22.0 Å². The van der Waals surface area contributed by atoms with E-state index in [1.165, 1.54) is 23.3 Å². The molecular weight excluding hydrogens is 413 g/mol. The Morgan fingerprint density at radius 2 is 1.85 bits per heavy atom. The van der Waals surface area contributed by atoms with Gasteiger partial charge in [-0.25, -0.2) is 9.37 Å². The van der Waals surface area contributed by atoms with Crippen molar-refractivity contribution in [2.24, 2.45) is 0 Å². The Morgan fingerprint density at radius 1 is 1.06 bits per heavy atom. The van der Waals surface area contributed by atoms with Gasteiger partial charge in [0, 0.05) is 31.1 Å². The number of aromatic nitrogens is 2. The fraction of sp³-hybridized carbons (Fsp3) is 0.286. The van der Waals surface area contributed by atoms with E-state index in [-0.39, 0.29) is 17.6 Å². The molecule has 0 spiro atoms. The highest BCUT2D eigenvalue weighted by Gasteiger charge is 2.35. The zero-order valence-corrected chi connectivity index (χ0v) is 19.0. The predicted octanol–water partition coefficient (Wildman–Crippen LogP) is 6.26. The molecule has 5 rings (SSSR count). The number of carbonyl (C=O) groups is 1. The van der Waals surface area contributed by atoms with Gasteiger partial charge in [-0.3, -0.25) is 4.79 Å². The van der Waals surface area contributed by atoms with Gasteiger partial charge in [0.15, 0.2) is 0 Å². The van der Waals surface area contributed by atoms with E-state index in [1.807, 2.05) is 18.2 Å². The second-order valence-electron chi connectivity index (χ2n) is 8.98. The van der Waals surface area contributed by atoms with Gasteiger partial charge in [0.25, 0.3) is 0 Å². The van der Waals surface area contributed by atoms with Gasteiger partial charge in [0.1, 0.15) is 11.6 Å². The van der Waals surface area contributed by atoms with Gasteiger partial charge in [0.05, 0.1) is 11.0 Å². The molecule has 1 aliphatic rings. The third-order valence-electron chi connectivity index (χ3n) is 6.80. The molecule has 0 aliphatic carbocycles. The summed E-state index contributed by atoms with van der Waals surface area (Å²) in [6.07, 6.45) is 1.49. The average molecular weight is 442 g/mol. The lowest BCUT2D eigenvalue weighted by atomic mass is 9.97. The Balaban J connectivity index is 1.48. The van der Waals surface area contributed by atoms with Gasteiger partial charge in [-0.1, -0.05) is 56.3 Å². The topological polar surface area (TPSA) is 38.1 Å². The number of benzene rings is 3. The summed E-state index contributed by atoms with van der Waals surface area (Å²) in [7, 11) is 0. The highest BCUT2D eigenvalue weighted by molar-refractivity contribution is 5.96. The first-order valence-corrected chi connectivity index (χ1v) is 11.6. The second kappa shape index (κ2) is 8.81. The lowest BCUT2D eigenvalue weighted by Crippen LogP contribution is -2.24. The minimum absolute atomic E-state index is 0.00196. The SMILES string of the molecule is CCC(C)c1ccc(Cn2c(C3CC(=O)N(c4cccc(F)c4)C3)nc3ccccc32)cc1. The maximum atomic E-state index is 13.8. The van der Waals surface area contributed by atoms with Crippen LogP contribution in [0.1, 0.15) is 55.5 Å². The Bertz CT molecular complexity index is 1290. The van der Waals surface area contributed by atoms with Crippen LogP contribution in [0.5, 0.6) is 0 Å². The molecule has 2 unspecified atom stereocenters. The van der Waals surface area contributed by atoms with Crippen molar-refractivity contribution in [2.75, 3.05) is 11.4 Å². The molecule has 5 heteroatoms. The van der Waals surface area contributed by atoms with Crippen LogP contribution in [0.4, 0.5) is 10.1 Å². The molecule has 2 atom stereocenters. The number of fused-ring (bicyclic) bond motifs is 1. The molecule has 1 amide bonds. The highest BCUT2D eigenvalue weighted by Crippen LogP contribution is 2.34. The summed E-state index contributed by atoms with van der Waals surface area (Å²) in [5.74, 6) is 1.07. The van der Waals surface area contributed by atoms with E-state index in [4.69, 9.17) is 4.98 Å². The number of amides is 1. The van der Waals surface area contributed by atoms with E-state index in [0.717, 1.165) is 23.3 Å². The van der Waals surface area contributed by atoms with E-state index in [2.05, 4.69) is 48.7 Å². The highest BCUT2D eigenvalue weighted by atomic mass is 19.1. The van der Waals surface area contributed by atoms with Crippen LogP contribution < -0.4 is 4.90 Å². The number of imidazole rings is 1. The molecule has 3 aromatic carbocycles. The number of hydrogen-bond donors (Lipinski definition) is 0. The standard InChI is InChI=1S/C28H28FN3O/c1-3-19(2)21-13-11-20(12-14-21)17-32-26-10-5-4-9-25(26)30-28(32)22-15-27(33)31(18-22)24-8-6-7-23(29)16-24/h4-14,16,19,22H,3,15,17-18H2,1-2H3. The largest absolute Gasteiger partial charge is 0.323 e. The summed E-state index contributed by atoms with van der Waals surface area (Å²) >= 11 is 0. The van der Waals surface area contributed by atoms with Gasteiger partial charge < -0.3 is 9.47 Å². The first-order valence-electron chi connectivity index (χ1n) is 11.6. The molecule has 4 nitrogen and oxygen atoms in total. The summed E-state index contributed by atoms with van der Waals surface area (Å²) in [6.45, 7) is 5.65. The maximum absolute atomic E-state index is 13.8. The number of rotatable bonds is 6. The van der Waals surface area contributed by atoms with Crippen LogP contribution >= 0.6 is 0 Å². The first kappa shape index (κ1) is 21.4. The molecule has 168 valence electrons. The normalized spacial score (nSPS) is 17.1. The monoisotopic (exact) mass is 441 g/mol. The summed E-state index contributed by atoms with van der Waals surface area (Å²) in [6, 6.07) is 23.2. The van der Waals surface area contributed by atoms with Gasteiger partial charge in [0.2, 0.25) is 5.91 Å². The molecule has 1 saturated heterocycles. The van der Waals surface area contributed by atoms with Crippen molar-refractivity contribution >= 4 is 22.6 Å². The minimum atomic E-state index is -0.336. The molecule has 1 aromatic heterocycles. The van der Waals surface area contributed by atoms with Crippen LogP contribution in [0.15, 0.2) is 72.8 Å². The van der Waals surface area contributed by atoms with Crippen LogP contribution in [0, 0.1) is 5.82 Å². The molecule has 1 aliphatic heterocycles. The number of carbonyl (C=O) groups excluding carboxylic acids is 1. The summed E-state index contributed by atoms with van der Waals surface area (Å²) in [4.78, 5) is 19.5. The van der Waals surface area contributed by atoms with Crippen molar-refractivity contribution in [1.29, 1.82) is 0 Å². The lowest BCUT2D eigenvalue weighted by molar-refractivity contribution is -0.117. The van der Waals surface area contributed by atoms with Crippen molar-refractivity contribution in [1.82, 2.24) is 9.55 Å². The second-order valence-corrected chi connectivity index (χ2v) is 8.98. The fourth-order valence-electron chi connectivity index (χ4n) is 4.72. The third-order valence-corrected chi connectivity index (χ3v) is 6.80. The van der Waals surface area contributed by atoms with E-state index in [1.54, 1.807) is 17.0 Å². The van der Waals surface area contributed by atoms with E-state index in [9.17, 15) is 9.18 Å². The molecule has 33 heavy (non-hydrogen) atoms. The van der Waals surface area contributed by atoms with Crippen LogP contribution in [0.3, 0.4) is 0 Å². The molecule has 2 heterocycles. The van der Waals surface area contributed by atoms with Gasteiger partial charge in [-0.05, 0) is 53.8 Å². The van der Waals surface area contributed by atoms with Gasteiger partial charge in [-0.15, -0.1) is 0 Å². The van der Waals surface area contributed by atoms with E-state index in [0.29, 0.717) is 31.1 Å². The Morgan fingerprint density at radius 3 is 2.61 bits per heavy atom. The van der Waals surface area contributed by atoms with Crippen molar-refractivity contribution in [3.8, 4) is 0 Å². The summed E-state index contributed by atoms with van der Waals surface area (Å²) in [5, 5.41) is 0. The van der Waals surface area contributed by atoms with Gasteiger partial charge >= 0.3 is 0 Å². The van der Waals surface area contributed by atoms with Crippen LogP contribution in [0.2, 0.25) is 0 Å². The average Bonchev–Trinajstić information content (AvgIpc) is 3.39. The number of halogens is 1. The number of nitrogens with zero attached hydrogens (tertiary/aromatic N) is 3. The molecular formula is C28H28FN3O. The molecule has 0 radical (unpaired) electrons. The van der Waals surface area contributed by atoms with Gasteiger partial charge in [-0.2, -0.15) is 0 Å².